The zero-order valence-electron chi connectivity index (χ0n) is 12.3. The van der Waals surface area contributed by atoms with Crippen molar-refractivity contribution in [1.82, 2.24) is 4.98 Å². The zero-order chi connectivity index (χ0) is 14.4. The van der Waals surface area contributed by atoms with E-state index >= 15 is 0 Å². The predicted molar refractivity (Wildman–Crippen MR) is 81.7 cm³/mol. The number of aryl methyl sites for hydroxylation is 1. The van der Waals surface area contributed by atoms with Gasteiger partial charge in [0.15, 0.2) is 0 Å². The minimum absolute atomic E-state index is 0.821. The van der Waals surface area contributed by atoms with Gasteiger partial charge in [-0.15, -0.1) is 0 Å². The lowest BCUT2D eigenvalue weighted by atomic mass is 10.1. The van der Waals surface area contributed by atoms with Gasteiger partial charge < -0.3 is 13.3 Å². The molecule has 0 spiro atoms. The second kappa shape index (κ2) is 6.94. The fraction of sp³-hybridized carbons (Fsp3) is 0.400. The first-order valence-electron chi connectivity index (χ1n) is 6.71. The van der Waals surface area contributed by atoms with Gasteiger partial charge >= 0.3 is 8.80 Å². The number of fused-ring (bicyclic) bond motifs is 1. The Labute approximate surface area is 121 Å². The van der Waals surface area contributed by atoms with Crippen LogP contribution in [0.5, 0.6) is 0 Å². The standard InChI is InChI=1S/C15H21NO3Si/c1-17-20(18-2,19-3)10-4-5-13-6-7-14-8-9-16-12-15(14)11-13/h6-9,11-12H,4-5,10H2,1-3H3. The van der Waals surface area contributed by atoms with Gasteiger partial charge in [-0.2, -0.15) is 0 Å². The summed E-state index contributed by atoms with van der Waals surface area (Å²) in [6.07, 6.45) is 5.68. The van der Waals surface area contributed by atoms with Crippen molar-refractivity contribution in [2.45, 2.75) is 18.9 Å². The largest absolute Gasteiger partial charge is 0.500 e. The molecule has 0 aliphatic rings. The highest BCUT2D eigenvalue weighted by atomic mass is 28.4. The van der Waals surface area contributed by atoms with Crippen LogP contribution in [0.3, 0.4) is 0 Å². The summed E-state index contributed by atoms with van der Waals surface area (Å²) in [4.78, 5) is 4.16. The summed E-state index contributed by atoms with van der Waals surface area (Å²) in [6, 6.07) is 9.34. The van der Waals surface area contributed by atoms with Gasteiger partial charge in [0, 0.05) is 45.2 Å². The molecule has 0 saturated heterocycles. The van der Waals surface area contributed by atoms with E-state index in [1.807, 2.05) is 18.5 Å². The first-order chi connectivity index (χ1) is 9.73. The lowest BCUT2D eigenvalue weighted by molar-refractivity contribution is 0.123. The molecule has 0 saturated carbocycles. The van der Waals surface area contributed by atoms with Gasteiger partial charge in [0.1, 0.15) is 0 Å². The van der Waals surface area contributed by atoms with Crippen molar-refractivity contribution in [2.75, 3.05) is 21.3 Å². The minimum atomic E-state index is -2.44. The lowest BCUT2D eigenvalue weighted by Gasteiger charge is -2.24. The lowest BCUT2D eigenvalue weighted by Crippen LogP contribution is -2.42. The third-order valence-electron chi connectivity index (χ3n) is 3.59. The van der Waals surface area contributed by atoms with Crippen LogP contribution in [0, 0.1) is 0 Å². The number of hydrogen-bond donors (Lipinski definition) is 0. The summed E-state index contributed by atoms with van der Waals surface area (Å²) in [7, 11) is 2.52. The molecule has 0 bridgehead atoms. The summed E-state index contributed by atoms with van der Waals surface area (Å²) < 4.78 is 16.3. The maximum absolute atomic E-state index is 5.43. The molecule has 5 heteroatoms. The molecule has 4 nitrogen and oxygen atoms in total. The van der Waals surface area contributed by atoms with Crippen molar-refractivity contribution in [3.8, 4) is 0 Å². The van der Waals surface area contributed by atoms with Crippen LogP contribution in [0.1, 0.15) is 12.0 Å². The Kier molecular flexibility index (Phi) is 5.25. The maximum atomic E-state index is 5.43. The summed E-state index contributed by atoms with van der Waals surface area (Å²) in [6.45, 7) is 0. The molecule has 108 valence electrons. The smallest absolute Gasteiger partial charge is 0.377 e. The summed E-state index contributed by atoms with van der Waals surface area (Å²) >= 11 is 0. The van der Waals surface area contributed by atoms with Crippen LogP contribution in [-0.4, -0.2) is 35.1 Å². The molecule has 0 aliphatic heterocycles. The molecule has 0 amide bonds. The number of rotatable bonds is 7. The third-order valence-corrected chi connectivity index (χ3v) is 6.42. The van der Waals surface area contributed by atoms with Gasteiger partial charge in [0.05, 0.1) is 0 Å². The molecule has 1 heterocycles. The topological polar surface area (TPSA) is 40.6 Å². The van der Waals surface area contributed by atoms with Gasteiger partial charge in [0.25, 0.3) is 0 Å². The fourth-order valence-electron chi connectivity index (χ4n) is 2.36. The van der Waals surface area contributed by atoms with Gasteiger partial charge in [-0.05, 0) is 35.9 Å². The highest BCUT2D eigenvalue weighted by Crippen LogP contribution is 2.19. The molecule has 2 rings (SSSR count). The molecule has 0 N–H and O–H groups in total. The van der Waals surface area contributed by atoms with Gasteiger partial charge in [-0.3, -0.25) is 4.98 Å². The number of benzene rings is 1. The van der Waals surface area contributed by atoms with Crippen molar-refractivity contribution in [1.29, 1.82) is 0 Å². The van der Waals surface area contributed by atoms with Crippen molar-refractivity contribution in [3.05, 3.63) is 42.2 Å². The quantitative estimate of drug-likeness (QED) is 0.735. The third kappa shape index (κ3) is 3.43. The fourth-order valence-corrected chi connectivity index (χ4v) is 4.08. The number of aromatic nitrogens is 1. The van der Waals surface area contributed by atoms with Gasteiger partial charge in [-0.25, -0.2) is 0 Å². The Balaban J connectivity index is 1.99. The molecule has 0 fully saturated rings. The van der Waals surface area contributed by atoms with E-state index in [0.717, 1.165) is 18.9 Å². The van der Waals surface area contributed by atoms with Crippen LogP contribution in [-0.2, 0) is 19.7 Å². The van der Waals surface area contributed by atoms with E-state index in [1.165, 1.54) is 16.3 Å². The first-order valence-corrected chi connectivity index (χ1v) is 8.64. The zero-order valence-corrected chi connectivity index (χ0v) is 13.3. The van der Waals surface area contributed by atoms with Gasteiger partial charge in [0.2, 0.25) is 0 Å². The van der Waals surface area contributed by atoms with Crippen LogP contribution in [0.25, 0.3) is 10.8 Å². The average molecular weight is 291 g/mol. The molecule has 0 atom stereocenters. The van der Waals surface area contributed by atoms with Crippen LogP contribution in [0.15, 0.2) is 36.7 Å². The summed E-state index contributed by atoms with van der Waals surface area (Å²) in [5.41, 5.74) is 1.30. The second-order valence-corrected chi connectivity index (χ2v) is 7.80. The van der Waals surface area contributed by atoms with E-state index < -0.39 is 8.80 Å². The first kappa shape index (κ1) is 15.1. The van der Waals surface area contributed by atoms with Crippen LogP contribution in [0.4, 0.5) is 0 Å². The molecule has 1 aromatic heterocycles. The monoisotopic (exact) mass is 291 g/mol. The van der Waals surface area contributed by atoms with Crippen LogP contribution < -0.4 is 0 Å². The molecule has 20 heavy (non-hydrogen) atoms. The Hall–Kier alpha value is -1.27. The molecule has 0 unspecified atom stereocenters. The second-order valence-electron chi connectivity index (χ2n) is 4.71. The molecule has 0 aliphatic carbocycles. The van der Waals surface area contributed by atoms with E-state index in [2.05, 4.69) is 23.2 Å². The molecule has 0 radical (unpaired) electrons. The van der Waals surface area contributed by atoms with E-state index in [-0.39, 0.29) is 0 Å². The van der Waals surface area contributed by atoms with Crippen molar-refractivity contribution < 1.29 is 13.3 Å². The summed E-state index contributed by atoms with van der Waals surface area (Å²) in [5.74, 6) is 0. The highest BCUT2D eigenvalue weighted by molar-refractivity contribution is 6.60. The average Bonchev–Trinajstić information content (AvgIpc) is 2.52. The van der Waals surface area contributed by atoms with E-state index in [9.17, 15) is 0 Å². The molecule has 2 aromatic rings. The number of pyridine rings is 1. The van der Waals surface area contributed by atoms with Gasteiger partial charge in [-0.1, -0.05) is 12.1 Å². The number of nitrogens with zero attached hydrogens (tertiary/aromatic N) is 1. The van der Waals surface area contributed by atoms with Crippen LogP contribution >= 0.6 is 0 Å². The minimum Gasteiger partial charge on any atom is -0.377 e. The van der Waals surface area contributed by atoms with Crippen LogP contribution in [0.2, 0.25) is 6.04 Å². The highest BCUT2D eigenvalue weighted by Gasteiger charge is 2.36. The Bertz CT molecular complexity index is 549. The molecular weight excluding hydrogens is 270 g/mol. The Morgan fingerprint density at radius 3 is 2.45 bits per heavy atom. The van der Waals surface area contributed by atoms with Crippen molar-refractivity contribution in [3.63, 3.8) is 0 Å². The molecular formula is C15H21NO3Si. The van der Waals surface area contributed by atoms with E-state index in [0.29, 0.717) is 0 Å². The Morgan fingerprint density at radius 1 is 1.00 bits per heavy atom. The van der Waals surface area contributed by atoms with E-state index in [1.54, 1.807) is 21.3 Å². The van der Waals surface area contributed by atoms with Crippen molar-refractivity contribution in [2.24, 2.45) is 0 Å². The normalized spacial score (nSPS) is 11.9. The van der Waals surface area contributed by atoms with Crippen molar-refractivity contribution >= 4 is 19.6 Å². The number of hydrogen-bond acceptors (Lipinski definition) is 4. The molecule has 1 aromatic carbocycles. The SMILES string of the molecule is CO[Si](CCCc1ccc2ccncc2c1)(OC)OC. The summed E-state index contributed by atoms with van der Waals surface area (Å²) in [5, 5.41) is 2.40. The Morgan fingerprint density at radius 2 is 1.75 bits per heavy atom. The van der Waals surface area contributed by atoms with E-state index in [4.69, 9.17) is 13.3 Å². The predicted octanol–water partition coefficient (Wildman–Crippen LogP) is 3.05. The maximum Gasteiger partial charge on any atom is 0.500 e.